The van der Waals surface area contributed by atoms with Gasteiger partial charge in [0.15, 0.2) is 5.82 Å². The van der Waals surface area contributed by atoms with Crippen LogP contribution in [0.4, 0.5) is 11.6 Å². The molecule has 1 aromatic carbocycles. The molecule has 2 heterocycles. The van der Waals surface area contributed by atoms with Gasteiger partial charge < -0.3 is 15.4 Å². The molecular weight excluding hydrogens is 382 g/mol. The highest BCUT2D eigenvalue weighted by atomic mass is 16.5. The fraction of sp³-hybridized carbons (Fsp3) is 0.333. The van der Waals surface area contributed by atoms with Crippen molar-refractivity contribution in [3.05, 3.63) is 48.1 Å². The van der Waals surface area contributed by atoms with Crippen molar-refractivity contribution in [3.8, 4) is 0 Å². The molecule has 0 aliphatic heterocycles. The number of fused-ring (bicyclic) bond motifs is 1. The van der Waals surface area contributed by atoms with Gasteiger partial charge in [0, 0.05) is 23.5 Å². The average Bonchev–Trinajstić information content (AvgIpc) is 3.37. The van der Waals surface area contributed by atoms with E-state index < -0.39 is 0 Å². The molecule has 2 aromatic heterocycles. The predicted octanol–water partition coefficient (Wildman–Crippen LogP) is 3.42. The number of carbonyl (C=O) groups is 1. The molecule has 0 spiro atoms. The van der Waals surface area contributed by atoms with E-state index in [2.05, 4.69) is 36.0 Å². The number of benzene rings is 1. The second-order valence-corrected chi connectivity index (χ2v) is 7.45. The van der Waals surface area contributed by atoms with Gasteiger partial charge in [-0.05, 0) is 50.1 Å². The number of amides is 1. The van der Waals surface area contributed by atoms with Crippen LogP contribution in [0.2, 0.25) is 0 Å². The molecule has 3 aromatic rings. The minimum Gasteiger partial charge on any atom is -0.497 e. The SMILES string of the molecule is CC(C)NC(=O)CCOC1=CC=C(c2nc(Nc3ccc4[nH]ncc4c3)n[nH]2)CC1. The van der Waals surface area contributed by atoms with Crippen molar-refractivity contribution >= 4 is 34.0 Å². The van der Waals surface area contributed by atoms with Crippen LogP contribution in [-0.4, -0.2) is 43.9 Å². The van der Waals surface area contributed by atoms with Crippen LogP contribution in [0, 0.1) is 0 Å². The van der Waals surface area contributed by atoms with Crippen molar-refractivity contribution in [1.82, 2.24) is 30.7 Å². The van der Waals surface area contributed by atoms with Gasteiger partial charge in [0.2, 0.25) is 11.9 Å². The Morgan fingerprint density at radius 3 is 2.93 bits per heavy atom. The number of anilines is 2. The van der Waals surface area contributed by atoms with E-state index in [-0.39, 0.29) is 11.9 Å². The zero-order chi connectivity index (χ0) is 20.9. The molecule has 0 radical (unpaired) electrons. The fourth-order valence-corrected chi connectivity index (χ4v) is 3.22. The van der Waals surface area contributed by atoms with E-state index in [4.69, 9.17) is 4.74 Å². The standard InChI is InChI=1S/C21H25N7O2/c1-13(2)23-19(29)9-10-30-17-6-3-14(4-7-17)20-25-21(28-27-20)24-16-5-8-18-15(11-16)12-22-26-18/h3,5-6,8,11-13H,4,7,9-10H2,1-2H3,(H,22,26)(H,23,29)(H2,24,25,27,28). The average molecular weight is 407 g/mol. The minimum atomic E-state index is 0.00579. The quantitative estimate of drug-likeness (QED) is 0.454. The maximum Gasteiger partial charge on any atom is 0.246 e. The lowest BCUT2D eigenvalue weighted by atomic mass is 10.0. The van der Waals surface area contributed by atoms with Crippen molar-refractivity contribution in [3.63, 3.8) is 0 Å². The number of nitrogens with one attached hydrogen (secondary N) is 4. The number of hydrogen-bond donors (Lipinski definition) is 4. The summed E-state index contributed by atoms with van der Waals surface area (Å²) in [5.74, 6) is 2.12. The molecule has 0 fully saturated rings. The van der Waals surface area contributed by atoms with Gasteiger partial charge in [-0.25, -0.2) is 0 Å². The van der Waals surface area contributed by atoms with E-state index in [0.717, 1.165) is 46.6 Å². The molecular formula is C21H25N7O2. The molecule has 0 atom stereocenters. The number of aromatic amines is 2. The van der Waals surface area contributed by atoms with Gasteiger partial charge in [-0.2, -0.15) is 10.1 Å². The van der Waals surface area contributed by atoms with E-state index in [0.29, 0.717) is 19.0 Å². The molecule has 4 N–H and O–H groups in total. The summed E-state index contributed by atoms with van der Waals surface area (Å²) >= 11 is 0. The molecule has 9 nitrogen and oxygen atoms in total. The lowest BCUT2D eigenvalue weighted by Crippen LogP contribution is -2.30. The monoisotopic (exact) mass is 407 g/mol. The van der Waals surface area contributed by atoms with Crippen molar-refractivity contribution in [2.45, 2.75) is 39.2 Å². The topological polar surface area (TPSA) is 121 Å². The molecule has 1 amide bonds. The van der Waals surface area contributed by atoms with Crippen LogP contribution in [0.3, 0.4) is 0 Å². The Kier molecular flexibility index (Phi) is 5.78. The summed E-state index contributed by atoms with van der Waals surface area (Å²) in [7, 11) is 0. The van der Waals surface area contributed by atoms with Crippen LogP contribution in [-0.2, 0) is 9.53 Å². The number of allylic oxidation sites excluding steroid dienone is 4. The highest BCUT2D eigenvalue weighted by Crippen LogP contribution is 2.26. The molecule has 0 unspecified atom stereocenters. The first-order valence-electron chi connectivity index (χ1n) is 10.0. The number of nitrogens with zero attached hydrogens (tertiary/aromatic N) is 3. The molecule has 156 valence electrons. The van der Waals surface area contributed by atoms with Gasteiger partial charge in [-0.1, -0.05) is 6.08 Å². The first-order valence-corrected chi connectivity index (χ1v) is 10.0. The third-order valence-electron chi connectivity index (χ3n) is 4.66. The smallest absolute Gasteiger partial charge is 0.246 e. The van der Waals surface area contributed by atoms with Crippen molar-refractivity contribution in [1.29, 1.82) is 0 Å². The Morgan fingerprint density at radius 1 is 1.23 bits per heavy atom. The highest BCUT2D eigenvalue weighted by Gasteiger charge is 2.14. The lowest BCUT2D eigenvalue weighted by molar-refractivity contribution is -0.122. The maximum absolute atomic E-state index is 11.7. The van der Waals surface area contributed by atoms with Crippen molar-refractivity contribution < 1.29 is 9.53 Å². The number of rotatable bonds is 8. The second-order valence-electron chi connectivity index (χ2n) is 7.45. The van der Waals surface area contributed by atoms with Gasteiger partial charge in [0.05, 0.1) is 30.5 Å². The Morgan fingerprint density at radius 2 is 2.13 bits per heavy atom. The molecule has 4 rings (SSSR count). The Labute approximate surface area is 174 Å². The fourth-order valence-electron chi connectivity index (χ4n) is 3.22. The van der Waals surface area contributed by atoms with Crippen LogP contribution in [0.15, 0.2) is 42.3 Å². The van der Waals surface area contributed by atoms with E-state index in [1.807, 2.05) is 44.2 Å². The summed E-state index contributed by atoms with van der Waals surface area (Å²) in [4.78, 5) is 16.2. The first-order chi connectivity index (χ1) is 14.6. The number of aromatic nitrogens is 5. The number of ether oxygens (including phenoxy) is 1. The zero-order valence-electron chi connectivity index (χ0n) is 17.0. The third-order valence-corrected chi connectivity index (χ3v) is 4.66. The van der Waals surface area contributed by atoms with Crippen molar-refractivity contribution in [2.24, 2.45) is 0 Å². The van der Waals surface area contributed by atoms with Gasteiger partial charge in [-0.3, -0.25) is 15.0 Å². The molecule has 0 saturated carbocycles. The van der Waals surface area contributed by atoms with E-state index in [9.17, 15) is 4.79 Å². The summed E-state index contributed by atoms with van der Waals surface area (Å²) in [6.45, 7) is 4.26. The number of carbonyl (C=O) groups excluding carboxylic acids is 1. The molecule has 0 bridgehead atoms. The maximum atomic E-state index is 11.7. The van der Waals surface area contributed by atoms with Crippen molar-refractivity contribution in [2.75, 3.05) is 11.9 Å². The minimum absolute atomic E-state index is 0.00579. The van der Waals surface area contributed by atoms with Crippen LogP contribution in [0.5, 0.6) is 0 Å². The summed E-state index contributed by atoms with van der Waals surface area (Å²) in [6, 6.07) is 6.04. The Bertz CT molecular complexity index is 1090. The normalized spacial score (nSPS) is 13.8. The third kappa shape index (κ3) is 4.86. The van der Waals surface area contributed by atoms with Gasteiger partial charge in [-0.15, -0.1) is 5.10 Å². The second kappa shape index (κ2) is 8.81. The van der Waals surface area contributed by atoms with Crippen LogP contribution >= 0.6 is 0 Å². The van der Waals surface area contributed by atoms with Crippen LogP contribution in [0.1, 0.15) is 38.9 Å². The van der Waals surface area contributed by atoms with Gasteiger partial charge in [0.1, 0.15) is 0 Å². The molecule has 9 heteroatoms. The Balaban J connectivity index is 1.32. The van der Waals surface area contributed by atoms with Gasteiger partial charge >= 0.3 is 0 Å². The summed E-state index contributed by atoms with van der Waals surface area (Å²) in [5, 5.41) is 21.3. The first kappa shape index (κ1) is 19.7. The predicted molar refractivity (Wildman–Crippen MR) is 115 cm³/mol. The largest absolute Gasteiger partial charge is 0.497 e. The molecule has 30 heavy (non-hydrogen) atoms. The number of hydrogen-bond acceptors (Lipinski definition) is 6. The van der Waals surface area contributed by atoms with Gasteiger partial charge in [0.25, 0.3) is 0 Å². The van der Waals surface area contributed by atoms with Crippen LogP contribution in [0.25, 0.3) is 16.5 Å². The van der Waals surface area contributed by atoms with E-state index in [1.165, 1.54) is 0 Å². The highest BCUT2D eigenvalue weighted by molar-refractivity contribution is 5.82. The molecule has 1 aliphatic rings. The summed E-state index contributed by atoms with van der Waals surface area (Å²) in [6.07, 6.45) is 7.60. The molecule has 0 saturated heterocycles. The molecule has 1 aliphatic carbocycles. The van der Waals surface area contributed by atoms with E-state index in [1.54, 1.807) is 6.20 Å². The van der Waals surface area contributed by atoms with Crippen LogP contribution < -0.4 is 10.6 Å². The van der Waals surface area contributed by atoms with E-state index >= 15 is 0 Å². The lowest BCUT2D eigenvalue weighted by Gasteiger charge is -2.15. The number of H-pyrrole nitrogens is 2. The summed E-state index contributed by atoms with van der Waals surface area (Å²) < 4.78 is 5.72. The zero-order valence-corrected chi connectivity index (χ0v) is 17.0. The summed E-state index contributed by atoms with van der Waals surface area (Å²) in [5.41, 5.74) is 2.93. The Hall–Kier alpha value is -3.62.